The van der Waals surface area contributed by atoms with Crippen LogP contribution in [0.15, 0.2) is 53.7 Å². The van der Waals surface area contributed by atoms with E-state index in [0.717, 1.165) is 35.1 Å². The molecule has 1 aliphatic rings. The number of hydrogen-bond donors (Lipinski definition) is 2. The van der Waals surface area contributed by atoms with E-state index in [0.29, 0.717) is 16.7 Å². The molecule has 8 nitrogen and oxygen atoms in total. The van der Waals surface area contributed by atoms with Crippen LogP contribution in [0.1, 0.15) is 35.2 Å². The van der Waals surface area contributed by atoms with E-state index in [9.17, 15) is 28.0 Å². The van der Waals surface area contributed by atoms with E-state index in [4.69, 9.17) is 15.9 Å². The average molecular weight is 550 g/mol. The Balaban J connectivity index is 2.34. The van der Waals surface area contributed by atoms with E-state index in [-0.39, 0.29) is 22.3 Å². The number of halogens is 4. The normalized spacial score (nSPS) is 16.3. The Morgan fingerprint density at radius 3 is 2.49 bits per heavy atom. The summed E-state index contributed by atoms with van der Waals surface area (Å²) in [6.07, 6.45) is -4.66. The quantitative estimate of drug-likeness (QED) is 0.419. The molecule has 182 valence electrons. The van der Waals surface area contributed by atoms with Crippen LogP contribution in [0.5, 0.6) is 0 Å². The number of benzene rings is 2. The lowest BCUT2D eigenvalue weighted by molar-refractivity contribution is -0.138. The fourth-order valence-electron chi connectivity index (χ4n) is 3.93. The molecule has 0 saturated heterocycles. The van der Waals surface area contributed by atoms with Crippen LogP contribution in [0.4, 0.5) is 23.7 Å². The predicted molar refractivity (Wildman–Crippen MR) is 124 cm³/mol. The summed E-state index contributed by atoms with van der Waals surface area (Å²) in [4.78, 5) is 27.4. The number of urea groups is 1. The summed E-state index contributed by atoms with van der Waals surface area (Å²) in [6.45, 7) is 1.43. The van der Waals surface area contributed by atoms with Crippen LogP contribution in [0.3, 0.4) is 0 Å². The Bertz CT molecular complexity index is 1290. The lowest BCUT2D eigenvalue weighted by Crippen LogP contribution is -2.55. The highest BCUT2D eigenvalue weighted by Crippen LogP contribution is 2.42. The number of alkyl halides is 4. The lowest BCUT2D eigenvalue weighted by atomic mass is 9.89. The molecule has 1 atom stereocenters. The second kappa shape index (κ2) is 9.79. The minimum atomic E-state index is -4.66. The SMILES string of the molecule is COC(=O)C1=C(C)N(c2cccc(C(F)(F)F)c2)C(=N)N(C(N)=O)[C@@H]1c1ccc(C#N)cc1CBr. The van der Waals surface area contributed by atoms with Crippen LogP contribution in [0, 0.1) is 16.7 Å². The Morgan fingerprint density at radius 1 is 1.26 bits per heavy atom. The molecule has 0 spiro atoms. The minimum Gasteiger partial charge on any atom is -0.466 e. The smallest absolute Gasteiger partial charge is 0.416 e. The highest BCUT2D eigenvalue weighted by atomic mass is 79.9. The number of methoxy groups -OCH3 is 1. The zero-order valence-corrected chi connectivity index (χ0v) is 20.1. The van der Waals surface area contributed by atoms with Gasteiger partial charge in [0.2, 0.25) is 5.96 Å². The summed E-state index contributed by atoms with van der Waals surface area (Å²) in [6, 6.07) is 8.36. The summed E-state index contributed by atoms with van der Waals surface area (Å²) in [5, 5.41) is 18.2. The van der Waals surface area contributed by atoms with Crippen LogP contribution in [0.2, 0.25) is 0 Å². The van der Waals surface area contributed by atoms with Crippen molar-refractivity contribution in [2.45, 2.75) is 24.5 Å². The average Bonchev–Trinajstić information content (AvgIpc) is 2.82. The third-order valence-corrected chi connectivity index (χ3v) is 6.09. The number of ether oxygens (including phenoxy) is 1. The maximum atomic E-state index is 13.4. The van der Waals surface area contributed by atoms with Crippen molar-refractivity contribution in [1.29, 1.82) is 10.7 Å². The Hall–Kier alpha value is -3.85. The zero-order valence-electron chi connectivity index (χ0n) is 18.5. The second-order valence-corrected chi connectivity index (χ2v) is 8.03. The van der Waals surface area contributed by atoms with Crippen molar-refractivity contribution in [1.82, 2.24) is 4.90 Å². The highest BCUT2D eigenvalue weighted by Gasteiger charge is 2.44. The van der Waals surface area contributed by atoms with E-state index in [1.54, 1.807) is 6.07 Å². The van der Waals surface area contributed by atoms with Gasteiger partial charge in [0.25, 0.3) is 0 Å². The largest absolute Gasteiger partial charge is 0.466 e. The topological polar surface area (TPSA) is 124 Å². The molecular weight excluding hydrogens is 531 g/mol. The summed E-state index contributed by atoms with van der Waals surface area (Å²) >= 11 is 3.33. The number of hydrogen-bond acceptors (Lipinski definition) is 5. The van der Waals surface area contributed by atoms with Gasteiger partial charge in [0, 0.05) is 16.7 Å². The second-order valence-electron chi connectivity index (χ2n) is 7.47. The highest BCUT2D eigenvalue weighted by molar-refractivity contribution is 9.08. The van der Waals surface area contributed by atoms with E-state index in [1.165, 1.54) is 25.1 Å². The Morgan fingerprint density at radius 2 is 1.94 bits per heavy atom. The molecule has 2 aromatic rings. The molecule has 0 saturated carbocycles. The molecular formula is C23H19BrF3N5O3. The van der Waals surface area contributed by atoms with Gasteiger partial charge >= 0.3 is 18.2 Å². The van der Waals surface area contributed by atoms with Gasteiger partial charge in [0.1, 0.15) is 6.04 Å². The number of nitrogens with two attached hydrogens (primary N) is 1. The number of nitrogens with zero attached hydrogens (tertiary/aromatic N) is 3. The van der Waals surface area contributed by atoms with E-state index < -0.39 is 35.7 Å². The number of guanidine groups is 1. The summed E-state index contributed by atoms with van der Waals surface area (Å²) in [5.74, 6) is -1.43. The maximum absolute atomic E-state index is 13.4. The van der Waals surface area contributed by atoms with Gasteiger partial charge in [-0.1, -0.05) is 28.1 Å². The molecule has 0 bridgehead atoms. The molecule has 0 aromatic heterocycles. The van der Waals surface area contributed by atoms with Crippen molar-refractivity contribution < 1.29 is 27.5 Å². The molecule has 1 heterocycles. The van der Waals surface area contributed by atoms with Gasteiger partial charge in [-0.05, 0) is 48.4 Å². The number of allylic oxidation sites excluding steroid dienone is 1. The van der Waals surface area contributed by atoms with Crippen LogP contribution in [-0.2, 0) is 21.0 Å². The molecule has 0 aliphatic carbocycles. The minimum absolute atomic E-state index is 0.0774. The Labute approximate surface area is 207 Å². The van der Waals surface area contributed by atoms with Crippen molar-refractivity contribution in [2.75, 3.05) is 12.0 Å². The first-order valence-electron chi connectivity index (χ1n) is 9.98. The lowest BCUT2D eigenvalue weighted by Gasteiger charge is -2.43. The molecule has 1 aliphatic heterocycles. The first-order chi connectivity index (χ1) is 16.5. The number of esters is 1. The number of carbonyl (C=O) groups excluding carboxylic acids is 2. The van der Waals surface area contributed by atoms with Crippen molar-refractivity contribution in [3.8, 4) is 6.07 Å². The number of nitriles is 1. The summed E-state index contributed by atoms with van der Waals surface area (Å²) in [5.41, 5.74) is 5.76. The first kappa shape index (κ1) is 25.8. The first-order valence-corrected chi connectivity index (χ1v) is 11.1. The Kier molecular flexibility index (Phi) is 7.21. The fourth-order valence-corrected chi connectivity index (χ4v) is 4.41. The number of rotatable bonds is 4. The molecule has 0 unspecified atom stereocenters. The van der Waals surface area contributed by atoms with Gasteiger partial charge in [-0.3, -0.25) is 15.2 Å². The van der Waals surface area contributed by atoms with Gasteiger partial charge in [0.15, 0.2) is 0 Å². The summed E-state index contributed by atoms with van der Waals surface area (Å²) < 4.78 is 45.0. The molecule has 3 rings (SSSR count). The van der Waals surface area contributed by atoms with Crippen molar-refractivity contribution in [3.63, 3.8) is 0 Å². The van der Waals surface area contributed by atoms with Gasteiger partial charge in [-0.15, -0.1) is 0 Å². The number of anilines is 1. The molecule has 35 heavy (non-hydrogen) atoms. The molecule has 2 aromatic carbocycles. The number of nitrogens with one attached hydrogen (secondary N) is 1. The maximum Gasteiger partial charge on any atom is 0.416 e. The van der Waals surface area contributed by atoms with Crippen molar-refractivity contribution in [3.05, 3.63) is 76.0 Å². The predicted octanol–water partition coefficient (Wildman–Crippen LogP) is 4.80. The van der Waals surface area contributed by atoms with Gasteiger partial charge in [0.05, 0.1) is 29.9 Å². The molecule has 12 heteroatoms. The van der Waals surface area contributed by atoms with E-state index in [2.05, 4.69) is 15.9 Å². The van der Waals surface area contributed by atoms with Gasteiger partial charge in [-0.2, -0.15) is 18.4 Å². The van der Waals surface area contributed by atoms with Gasteiger partial charge in [-0.25, -0.2) is 9.59 Å². The standard InChI is InChI=1S/C23H19BrF3N5O3/c1-12-18(20(33)35-2)19(17-7-6-13(11-28)8-14(17)10-24)32(22(30)34)21(29)31(12)16-5-3-4-15(9-16)23(25,26)27/h3-9,19,29H,10H2,1-2H3,(H2,30,34)/t19-/m1/s1. The zero-order chi connectivity index (χ0) is 26.1. The van der Waals surface area contributed by atoms with Crippen molar-refractivity contribution in [2.24, 2.45) is 5.73 Å². The molecule has 2 amide bonds. The summed E-state index contributed by atoms with van der Waals surface area (Å²) in [7, 11) is 1.12. The van der Waals surface area contributed by atoms with Crippen LogP contribution >= 0.6 is 15.9 Å². The third-order valence-electron chi connectivity index (χ3n) is 5.48. The van der Waals surface area contributed by atoms with Crippen molar-refractivity contribution >= 4 is 39.6 Å². The molecule has 3 N–H and O–H groups in total. The fraction of sp³-hybridized carbons (Fsp3) is 0.217. The van der Waals surface area contributed by atoms with Crippen LogP contribution < -0.4 is 10.6 Å². The monoisotopic (exact) mass is 549 g/mol. The number of carbonyl (C=O) groups is 2. The molecule has 0 radical (unpaired) electrons. The van der Waals surface area contributed by atoms with Gasteiger partial charge < -0.3 is 10.5 Å². The van der Waals surface area contributed by atoms with E-state index >= 15 is 0 Å². The molecule has 0 fully saturated rings. The number of primary amides is 1. The number of amides is 2. The van der Waals surface area contributed by atoms with Crippen LogP contribution in [-0.4, -0.2) is 30.0 Å². The third kappa shape index (κ3) is 4.72. The van der Waals surface area contributed by atoms with E-state index in [1.807, 2.05) is 6.07 Å². The van der Waals surface area contributed by atoms with Crippen LogP contribution in [0.25, 0.3) is 0 Å².